The Hall–Kier alpha value is -2.72. The molecule has 0 saturated heterocycles. The largest absolute Gasteiger partial charge is 0.356 e. The first kappa shape index (κ1) is 24.5. The van der Waals surface area contributed by atoms with Gasteiger partial charge in [-0.1, -0.05) is 6.92 Å². The zero-order valence-electron chi connectivity index (χ0n) is 18.4. The molecule has 2 aromatic rings. The topological polar surface area (TPSA) is 136 Å². The first-order chi connectivity index (χ1) is 14.5. The van der Waals surface area contributed by atoms with Gasteiger partial charge in [0.05, 0.1) is 16.3 Å². The van der Waals surface area contributed by atoms with Gasteiger partial charge in [-0.3, -0.25) is 9.59 Å². The summed E-state index contributed by atoms with van der Waals surface area (Å²) in [6.07, 6.45) is 1.91. The number of carbonyl (C=O) groups is 2. The van der Waals surface area contributed by atoms with Crippen LogP contribution in [0.4, 0.5) is 0 Å². The van der Waals surface area contributed by atoms with Crippen LogP contribution in [0.1, 0.15) is 50.1 Å². The van der Waals surface area contributed by atoms with Crippen molar-refractivity contribution < 1.29 is 18.0 Å². The van der Waals surface area contributed by atoms with Crippen molar-refractivity contribution in [3.63, 3.8) is 0 Å². The maximum absolute atomic E-state index is 12.2. The van der Waals surface area contributed by atoms with Crippen molar-refractivity contribution in [1.82, 2.24) is 20.4 Å². The highest BCUT2D eigenvalue weighted by atomic mass is 32.2. The Labute approximate surface area is 183 Å². The van der Waals surface area contributed by atoms with Crippen molar-refractivity contribution >= 4 is 21.8 Å². The van der Waals surface area contributed by atoms with Crippen LogP contribution in [0.5, 0.6) is 0 Å². The van der Waals surface area contributed by atoms with E-state index >= 15 is 0 Å². The molecule has 10 heteroatoms. The lowest BCUT2D eigenvalue weighted by Gasteiger charge is -2.11. The fraction of sp³-hybridized carbons (Fsp3) is 0.476. The number of rotatable bonds is 10. The lowest BCUT2D eigenvalue weighted by atomic mass is 10.1. The Kier molecular flexibility index (Phi) is 8.35. The summed E-state index contributed by atoms with van der Waals surface area (Å²) in [4.78, 5) is 24.0. The number of sulfonamides is 1. The summed E-state index contributed by atoms with van der Waals surface area (Å²) < 4.78 is 24.6. The van der Waals surface area contributed by atoms with E-state index in [2.05, 4.69) is 15.7 Å². The molecule has 0 saturated carbocycles. The molecule has 9 nitrogen and oxygen atoms in total. The number of benzene rings is 1. The molecule has 4 N–H and O–H groups in total. The molecule has 2 amide bonds. The molecule has 2 rings (SSSR count). The second-order valence-electron chi connectivity index (χ2n) is 7.58. The van der Waals surface area contributed by atoms with E-state index in [1.807, 2.05) is 27.7 Å². The average molecular weight is 450 g/mol. The smallest absolute Gasteiger partial charge is 0.238 e. The molecule has 0 aliphatic heterocycles. The average Bonchev–Trinajstić information content (AvgIpc) is 2.99. The Morgan fingerprint density at radius 1 is 1.13 bits per heavy atom. The van der Waals surface area contributed by atoms with Crippen LogP contribution in [-0.2, 0) is 26.0 Å². The van der Waals surface area contributed by atoms with E-state index in [1.165, 1.54) is 12.1 Å². The summed E-state index contributed by atoms with van der Waals surface area (Å²) in [5.74, 6) is -0.198. The van der Waals surface area contributed by atoms with Gasteiger partial charge in [-0.2, -0.15) is 5.10 Å². The Balaban J connectivity index is 1.94. The van der Waals surface area contributed by atoms with E-state index in [0.29, 0.717) is 18.7 Å². The standard InChI is InChI=1S/C21H31N5O4S/c1-5-14(2)24-21(28)12-13-23-20(27)11-10-19-15(3)25-26(16(19)4)17-6-8-18(9-7-17)31(22,29)30/h6-9,14H,5,10-13H2,1-4H3,(H,23,27)(H,24,28)(H2,22,29,30)/t14-/m1/s1. The predicted molar refractivity (Wildman–Crippen MR) is 118 cm³/mol. The van der Waals surface area contributed by atoms with Crippen LogP contribution in [0.15, 0.2) is 29.2 Å². The number of carbonyl (C=O) groups excluding carboxylic acids is 2. The fourth-order valence-corrected chi connectivity index (χ4v) is 3.67. The second-order valence-corrected chi connectivity index (χ2v) is 9.14. The second kappa shape index (κ2) is 10.5. The van der Waals surface area contributed by atoms with E-state index < -0.39 is 10.0 Å². The van der Waals surface area contributed by atoms with Crippen molar-refractivity contribution in [3.8, 4) is 5.69 Å². The van der Waals surface area contributed by atoms with Gasteiger partial charge in [-0.15, -0.1) is 0 Å². The molecule has 0 fully saturated rings. The lowest BCUT2D eigenvalue weighted by Crippen LogP contribution is -2.35. The van der Waals surface area contributed by atoms with E-state index in [0.717, 1.165) is 23.4 Å². The zero-order chi connectivity index (χ0) is 23.2. The normalized spacial score (nSPS) is 12.4. The molecule has 1 aromatic heterocycles. The summed E-state index contributed by atoms with van der Waals surface area (Å²) in [6, 6.07) is 6.28. The van der Waals surface area contributed by atoms with Gasteiger partial charge in [-0.05, 0) is 63.4 Å². The van der Waals surface area contributed by atoms with E-state index in [4.69, 9.17) is 5.14 Å². The minimum Gasteiger partial charge on any atom is -0.356 e. The maximum Gasteiger partial charge on any atom is 0.238 e. The first-order valence-corrected chi connectivity index (χ1v) is 11.8. The summed E-state index contributed by atoms with van der Waals surface area (Å²) in [5, 5.41) is 15.3. The van der Waals surface area contributed by atoms with Crippen molar-refractivity contribution in [2.45, 2.75) is 64.3 Å². The molecule has 1 heterocycles. The number of aryl methyl sites for hydroxylation is 1. The van der Waals surface area contributed by atoms with Gasteiger partial charge < -0.3 is 10.6 Å². The van der Waals surface area contributed by atoms with Crippen LogP contribution in [0.2, 0.25) is 0 Å². The molecule has 31 heavy (non-hydrogen) atoms. The van der Waals surface area contributed by atoms with Gasteiger partial charge in [0.15, 0.2) is 0 Å². The van der Waals surface area contributed by atoms with Gasteiger partial charge >= 0.3 is 0 Å². The summed E-state index contributed by atoms with van der Waals surface area (Å²) in [6.45, 7) is 8.01. The number of hydrogen-bond donors (Lipinski definition) is 3. The van der Waals surface area contributed by atoms with Crippen LogP contribution >= 0.6 is 0 Å². The summed E-state index contributed by atoms with van der Waals surface area (Å²) in [5.41, 5.74) is 3.34. The monoisotopic (exact) mass is 449 g/mol. The Morgan fingerprint density at radius 2 is 1.77 bits per heavy atom. The van der Waals surface area contributed by atoms with Gasteiger partial charge in [0, 0.05) is 31.1 Å². The third kappa shape index (κ3) is 6.90. The van der Waals surface area contributed by atoms with Gasteiger partial charge in [0.2, 0.25) is 21.8 Å². The van der Waals surface area contributed by atoms with Crippen LogP contribution in [0.25, 0.3) is 5.69 Å². The first-order valence-electron chi connectivity index (χ1n) is 10.3. The van der Waals surface area contributed by atoms with Crippen LogP contribution < -0.4 is 15.8 Å². The van der Waals surface area contributed by atoms with Crippen LogP contribution in [0.3, 0.4) is 0 Å². The highest BCUT2D eigenvalue weighted by Crippen LogP contribution is 2.20. The number of hydrogen-bond acceptors (Lipinski definition) is 5. The van der Waals surface area contributed by atoms with Gasteiger partial charge in [0.25, 0.3) is 0 Å². The van der Waals surface area contributed by atoms with Crippen molar-refractivity contribution in [2.24, 2.45) is 5.14 Å². The van der Waals surface area contributed by atoms with E-state index in [1.54, 1.807) is 16.8 Å². The fourth-order valence-electron chi connectivity index (χ4n) is 3.16. The molecular formula is C21H31N5O4S. The molecule has 0 aliphatic carbocycles. The molecule has 1 atom stereocenters. The minimum absolute atomic E-state index is 0.0347. The molecule has 0 unspecified atom stereocenters. The summed E-state index contributed by atoms with van der Waals surface area (Å²) in [7, 11) is -3.75. The van der Waals surface area contributed by atoms with Crippen LogP contribution in [0, 0.1) is 13.8 Å². The zero-order valence-corrected chi connectivity index (χ0v) is 19.3. The number of amides is 2. The molecule has 0 aliphatic rings. The molecule has 0 bridgehead atoms. The SMILES string of the molecule is CC[C@@H](C)NC(=O)CCNC(=O)CCc1c(C)nn(-c2ccc(S(N)(=O)=O)cc2)c1C. The molecule has 1 aromatic carbocycles. The van der Waals surface area contributed by atoms with Gasteiger partial charge in [-0.25, -0.2) is 18.2 Å². The molecular weight excluding hydrogens is 418 g/mol. The lowest BCUT2D eigenvalue weighted by molar-refractivity contribution is -0.122. The number of nitrogens with one attached hydrogen (secondary N) is 2. The molecule has 0 spiro atoms. The van der Waals surface area contributed by atoms with Crippen LogP contribution in [-0.4, -0.2) is 42.6 Å². The predicted octanol–water partition coefficient (Wildman–Crippen LogP) is 1.49. The van der Waals surface area contributed by atoms with Crippen molar-refractivity contribution in [2.75, 3.05) is 6.54 Å². The molecule has 170 valence electrons. The van der Waals surface area contributed by atoms with E-state index in [9.17, 15) is 18.0 Å². The quantitative estimate of drug-likeness (QED) is 0.505. The number of nitrogens with zero attached hydrogens (tertiary/aromatic N) is 2. The number of aromatic nitrogens is 2. The third-order valence-corrected chi connectivity index (χ3v) is 6.08. The van der Waals surface area contributed by atoms with Crippen molar-refractivity contribution in [1.29, 1.82) is 0 Å². The highest BCUT2D eigenvalue weighted by molar-refractivity contribution is 7.89. The van der Waals surface area contributed by atoms with Crippen molar-refractivity contribution in [3.05, 3.63) is 41.2 Å². The Bertz CT molecular complexity index is 1030. The maximum atomic E-state index is 12.2. The number of nitrogens with two attached hydrogens (primary N) is 1. The van der Waals surface area contributed by atoms with E-state index in [-0.39, 0.29) is 35.6 Å². The molecule has 0 radical (unpaired) electrons. The summed E-state index contributed by atoms with van der Waals surface area (Å²) >= 11 is 0. The minimum atomic E-state index is -3.75. The highest BCUT2D eigenvalue weighted by Gasteiger charge is 2.15. The Morgan fingerprint density at radius 3 is 2.35 bits per heavy atom. The van der Waals surface area contributed by atoms with Gasteiger partial charge in [0.1, 0.15) is 0 Å². The third-order valence-electron chi connectivity index (χ3n) is 5.15. The number of primary sulfonamides is 1.